The van der Waals surface area contributed by atoms with Crippen LogP contribution in [-0.4, -0.2) is 39.4 Å². The Hall–Kier alpha value is -2.78. The van der Waals surface area contributed by atoms with E-state index in [9.17, 15) is 14.0 Å². The molecule has 0 saturated carbocycles. The maximum atomic E-state index is 13.6. The minimum Gasteiger partial charge on any atom is -0.351 e. The molecule has 0 saturated heterocycles. The zero-order valence-corrected chi connectivity index (χ0v) is 18.6. The molecule has 0 aliphatic carbocycles. The van der Waals surface area contributed by atoms with E-state index in [1.807, 2.05) is 23.9 Å². The number of aromatic nitrogens is 2. The van der Waals surface area contributed by atoms with Crippen molar-refractivity contribution in [3.05, 3.63) is 77.9 Å². The van der Waals surface area contributed by atoms with E-state index >= 15 is 0 Å². The standard InChI is InChI=1S/C22H23FN4O2S2/c1-27-12-10-25-22(27)31-15-20(28)26-18-8-6-16(7-9-18)21(29)24-11-13-30-14-17-4-2-3-5-19(17)23/h2-10,12H,11,13-15H2,1H3,(H,24,29)(H,26,28). The second-order valence-corrected chi connectivity index (χ2v) is 8.68. The number of halogens is 1. The maximum absolute atomic E-state index is 13.6. The molecule has 2 aromatic carbocycles. The van der Waals surface area contributed by atoms with Crippen molar-refractivity contribution >= 4 is 41.0 Å². The van der Waals surface area contributed by atoms with E-state index in [1.165, 1.54) is 17.8 Å². The summed E-state index contributed by atoms with van der Waals surface area (Å²) in [5.74, 6) is 0.961. The van der Waals surface area contributed by atoms with Gasteiger partial charge in [0.2, 0.25) is 5.91 Å². The highest BCUT2D eigenvalue weighted by molar-refractivity contribution is 7.99. The van der Waals surface area contributed by atoms with Gasteiger partial charge in [0.1, 0.15) is 5.82 Å². The third kappa shape index (κ3) is 7.15. The van der Waals surface area contributed by atoms with Gasteiger partial charge in [-0.3, -0.25) is 9.59 Å². The third-order valence-corrected chi connectivity index (χ3v) is 6.35. The van der Waals surface area contributed by atoms with Crippen molar-refractivity contribution in [2.45, 2.75) is 10.9 Å². The lowest BCUT2D eigenvalue weighted by Gasteiger charge is -2.08. The molecule has 2 amide bonds. The van der Waals surface area contributed by atoms with Gasteiger partial charge in [0.05, 0.1) is 5.75 Å². The SMILES string of the molecule is Cn1ccnc1SCC(=O)Nc1ccc(C(=O)NCCSCc2ccccc2F)cc1. The summed E-state index contributed by atoms with van der Waals surface area (Å²) >= 11 is 2.92. The van der Waals surface area contributed by atoms with Gasteiger partial charge < -0.3 is 15.2 Å². The molecule has 9 heteroatoms. The number of rotatable bonds is 10. The number of hydrogen-bond donors (Lipinski definition) is 2. The number of carbonyl (C=O) groups is 2. The zero-order chi connectivity index (χ0) is 22.1. The number of nitrogens with zero attached hydrogens (tertiary/aromatic N) is 2. The molecule has 1 heterocycles. The van der Waals surface area contributed by atoms with Crippen molar-refractivity contribution < 1.29 is 14.0 Å². The summed E-state index contributed by atoms with van der Waals surface area (Å²) in [6.45, 7) is 0.487. The Balaban J connectivity index is 1.36. The van der Waals surface area contributed by atoms with Gasteiger partial charge in [0.25, 0.3) is 5.91 Å². The first-order valence-corrected chi connectivity index (χ1v) is 11.8. The van der Waals surface area contributed by atoms with Gasteiger partial charge in [-0.1, -0.05) is 30.0 Å². The van der Waals surface area contributed by atoms with E-state index in [0.29, 0.717) is 34.9 Å². The predicted octanol–water partition coefficient (Wildman–Crippen LogP) is 3.95. The molecular weight excluding hydrogens is 435 g/mol. The Morgan fingerprint density at radius 3 is 2.61 bits per heavy atom. The number of benzene rings is 2. The summed E-state index contributed by atoms with van der Waals surface area (Å²) in [5, 5.41) is 6.43. The largest absolute Gasteiger partial charge is 0.351 e. The molecule has 0 fully saturated rings. The smallest absolute Gasteiger partial charge is 0.251 e. The molecule has 0 aliphatic rings. The predicted molar refractivity (Wildman–Crippen MR) is 124 cm³/mol. The minimum absolute atomic E-state index is 0.142. The summed E-state index contributed by atoms with van der Waals surface area (Å²) in [6, 6.07) is 13.4. The van der Waals surface area contributed by atoms with Crippen LogP contribution in [0.1, 0.15) is 15.9 Å². The minimum atomic E-state index is -0.207. The van der Waals surface area contributed by atoms with Gasteiger partial charge in [0, 0.05) is 48.7 Å². The summed E-state index contributed by atoms with van der Waals surface area (Å²) in [4.78, 5) is 28.5. The molecule has 0 atom stereocenters. The van der Waals surface area contributed by atoms with Crippen molar-refractivity contribution in [1.29, 1.82) is 0 Å². The first-order chi connectivity index (χ1) is 15.0. The van der Waals surface area contributed by atoms with Gasteiger partial charge in [-0.2, -0.15) is 11.8 Å². The van der Waals surface area contributed by atoms with Crippen molar-refractivity contribution in [3.63, 3.8) is 0 Å². The van der Waals surface area contributed by atoms with Crippen molar-refractivity contribution in [1.82, 2.24) is 14.9 Å². The molecule has 0 bridgehead atoms. The highest BCUT2D eigenvalue weighted by Crippen LogP contribution is 2.16. The summed E-state index contributed by atoms with van der Waals surface area (Å²) in [5.41, 5.74) is 1.80. The van der Waals surface area contributed by atoms with E-state index in [2.05, 4.69) is 15.6 Å². The number of anilines is 1. The average Bonchev–Trinajstić information content (AvgIpc) is 3.18. The van der Waals surface area contributed by atoms with Gasteiger partial charge in [0.15, 0.2) is 5.16 Å². The first-order valence-electron chi connectivity index (χ1n) is 9.62. The number of nitrogens with one attached hydrogen (secondary N) is 2. The molecule has 0 radical (unpaired) electrons. The zero-order valence-electron chi connectivity index (χ0n) is 17.0. The second-order valence-electron chi connectivity index (χ2n) is 6.63. The highest BCUT2D eigenvalue weighted by atomic mass is 32.2. The van der Waals surface area contributed by atoms with Crippen LogP contribution in [0.15, 0.2) is 66.1 Å². The van der Waals surface area contributed by atoms with Gasteiger partial charge in [-0.25, -0.2) is 9.37 Å². The van der Waals surface area contributed by atoms with Crippen LogP contribution in [0.5, 0.6) is 0 Å². The Bertz CT molecular complexity index is 1020. The van der Waals surface area contributed by atoms with Crippen LogP contribution in [0.25, 0.3) is 0 Å². The number of amides is 2. The normalized spacial score (nSPS) is 10.6. The van der Waals surface area contributed by atoms with Gasteiger partial charge in [-0.15, -0.1) is 0 Å². The molecule has 162 valence electrons. The fourth-order valence-electron chi connectivity index (χ4n) is 2.66. The molecule has 0 aliphatic heterocycles. The van der Waals surface area contributed by atoms with E-state index in [-0.39, 0.29) is 23.4 Å². The van der Waals surface area contributed by atoms with Crippen LogP contribution < -0.4 is 10.6 Å². The van der Waals surface area contributed by atoms with Crippen LogP contribution in [0.2, 0.25) is 0 Å². The Kier molecular flexibility index (Phi) is 8.54. The number of hydrogen-bond acceptors (Lipinski definition) is 5. The molecule has 1 aromatic heterocycles. The summed E-state index contributed by atoms with van der Waals surface area (Å²) < 4.78 is 15.4. The fraction of sp³-hybridized carbons (Fsp3) is 0.227. The number of thioether (sulfide) groups is 2. The Labute approximate surface area is 189 Å². The van der Waals surface area contributed by atoms with Crippen molar-refractivity contribution in [2.75, 3.05) is 23.4 Å². The van der Waals surface area contributed by atoms with E-state index in [4.69, 9.17) is 0 Å². The van der Waals surface area contributed by atoms with E-state index in [0.717, 1.165) is 5.16 Å². The maximum Gasteiger partial charge on any atom is 0.251 e. The lowest BCUT2D eigenvalue weighted by molar-refractivity contribution is -0.113. The molecule has 0 spiro atoms. The number of imidazole rings is 1. The molecule has 2 N–H and O–H groups in total. The second kappa shape index (κ2) is 11.6. The lowest BCUT2D eigenvalue weighted by atomic mass is 10.2. The lowest BCUT2D eigenvalue weighted by Crippen LogP contribution is -2.25. The van der Waals surface area contributed by atoms with Crippen LogP contribution in [0.3, 0.4) is 0 Å². The van der Waals surface area contributed by atoms with Crippen molar-refractivity contribution in [3.8, 4) is 0 Å². The first kappa shape index (κ1) is 22.9. The van der Waals surface area contributed by atoms with Crippen LogP contribution in [0.4, 0.5) is 10.1 Å². The molecule has 0 unspecified atom stereocenters. The van der Waals surface area contributed by atoms with Gasteiger partial charge in [-0.05, 0) is 35.9 Å². The van der Waals surface area contributed by atoms with Crippen LogP contribution >= 0.6 is 23.5 Å². The Morgan fingerprint density at radius 1 is 1.13 bits per heavy atom. The Morgan fingerprint density at radius 2 is 1.90 bits per heavy atom. The summed E-state index contributed by atoms with van der Waals surface area (Å²) in [7, 11) is 1.87. The molecule has 3 rings (SSSR count). The van der Waals surface area contributed by atoms with E-state index in [1.54, 1.807) is 54.4 Å². The molecule has 6 nitrogen and oxygen atoms in total. The fourth-order valence-corrected chi connectivity index (χ4v) is 4.24. The molecule has 3 aromatic rings. The third-order valence-electron chi connectivity index (χ3n) is 4.29. The highest BCUT2D eigenvalue weighted by Gasteiger charge is 2.09. The number of carbonyl (C=O) groups excluding carboxylic acids is 2. The molecule has 31 heavy (non-hydrogen) atoms. The summed E-state index contributed by atoms with van der Waals surface area (Å²) in [6.07, 6.45) is 3.51. The quantitative estimate of drug-likeness (QED) is 0.355. The van der Waals surface area contributed by atoms with Crippen molar-refractivity contribution in [2.24, 2.45) is 7.05 Å². The van der Waals surface area contributed by atoms with Crippen LogP contribution in [0, 0.1) is 5.82 Å². The monoisotopic (exact) mass is 458 g/mol. The van der Waals surface area contributed by atoms with Crippen LogP contribution in [-0.2, 0) is 17.6 Å². The van der Waals surface area contributed by atoms with Gasteiger partial charge >= 0.3 is 0 Å². The van der Waals surface area contributed by atoms with E-state index < -0.39 is 0 Å². The molecular formula is C22H23FN4O2S2. The number of aryl methyl sites for hydroxylation is 1. The average molecular weight is 459 g/mol. The topological polar surface area (TPSA) is 76.0 Å².